The molecule has 0 aliphatic carbocycles. The Morgan fingerprint density at radius 1 is 0.519 bits per heavy atom. The first-order valence-corrected chi connectivity index (χ1v) is 46.4. The minimum absolute atomic E-state index is 0.117. The second-order valence-corrected chi connectivity index (χ2v) is 37.6. The second kappa shape index (κ2) is 46.8. The van der Waals surface area contributed by atoms with Crippen LogP contribution in [0.3, 0.4) is 0 Å². The number of rotatable bonds is 41. The van der Waals surface area contributed by atoms with Crippen molar-refractivity contribution in [3.05, 3.63) is 190 Å². The number of nitriles is 2. The first kappa shape index (κ1) is 102. The highest BCUT2D eigenvalue weighted by Gasteiger charge is 2.53. The van der Waals surface area contributed by atoms with E-state index in [2.05, 4.69) is 31.2 Å². The lowest BCUT2D eigenvalue weighted by Gasteiger charge is -2.35. The Morgan fingerprint density at radius 2 is 0.887 bits per heavy atom. The summed E-state index contributed by atoms with van der Waals surface area (Å²) in [6.45, 7) is 29.1. The number of anilines is 4. The number of carbonyl (C=O) groups excluding carboxylic acids is 8. The molecule has 4 saturated heterocycles. The largest absolute Gasteiger partial charge is 0.494 e. The van der Waals surface area contributed by atoms with Crippen LogP contribution in [0.2, 0.25) is 10.0 Å². The Morgan fingerprint density at radius 3 is 1.26 bits per heavy atom. The molecular formula is C99H118Cl2N14O16S2. The molecule has 30 nitrogen and oxygen atoms in total. The molecule has 0 radical (unpaired) electrons. The molecule has 0 spiro atoms. The Bertz CT molecular complexity index is 5520. The van der Waals surface area contributed by atoms with Crippen LogP contribution in [0.5, 0.6) is 11.5 Å². The van der Waals surface area contributed by atoms with Gasteiger partial charge in [0.05, 0.1) is 57.1 Å². The molecule has 6 heterocycles. The number of halogens is 2. The fourth-order valence-corrected chi connectivity index (χ4v) is 17.6. The average molecular weight is 1900 g/mol. The van der Waals surface area contributed by atoms with Gasteiger partial charge in [0.15, 0.2) is 34.5 Å². The zero-order valence-corrected chi connectivity index (χ0v) is 80.7. The first-order chi connectivity index (χ1) is 63.5. The normalized spacial score (nSPS) is 17.3. The van der Waals surface area contributed by atoms with Gasteiger partial charge in [-0.25, -0.2) is 9.97 Å². The van der Waals surface area contributed by atoms with E-state index in [1.165, 1.54) is 22.6 Å². The number of carbonyl (C=O) groups is 8. The Labute approximate surface area is 797 Å². The third kappa shape index (κ3) is 26.0. The van der Waals surface area contributed by atoms with Gasteiger partial charge in [-0.3, -0.25) is 48.2 Å². The summed E-state index contributed by atoms with van der Waals surface area (Å²) in [7, 11) is 0. The molecule has 8 aromatic rings. The molecule has 4 fully saturated rings. The minimum Gasteiger partial charge on any atom is -0.494 e. The fraction of sp³-hybridized carbons (Fsp3) is 0.455. The van der Waals surface area contributed by atoms with Crippen LogP contribution in [0.15, 0.2) is 155 Å². The molecule has 6 aromatic carbocycles. The van der Waals surface area contributed by atoms with Crippen molar-refractivity contribution in [2.24, 2.45) is 23.2 Å². The Balaban J connectivity index is 0.000000256. The highest BCUT2D eigenvalue weighted by molar-refractivity contribution is 7.81. The van der Waals surface area contributed by atoms with Crippen molar-refractivity contribution in [2.75, 3.05) is 98.8 Å². The van der Waals surface area contributed by atoms with Crippen molar-refractivity contribution in [3.63, 3.8) is 0 Å². The molecule has 6 atom stereocenters. The number of benzene rings is 6. The summed E-state index contributed by atoms with van der Waals surface area (Å²) in [5.41, 5.74) is 5.76. The van der Waals surface area contributed by atoms with Gasteiger partial charge in [0, 0.05) is 88.3 Å². The molecule has 706 valence electrons. The first-order valence-electron chi connectivity index (χ1n) is 44.8. The number of hydrogen-bond acceptors (Lipinski definition) is 22. The fourth-order valence-electron chi connectivity index (χ4n) is 16.1. The molecule has 8 amide bonds. The number of amides is 8. The molecule has 12 rings (SSSR count). The average Bonchev–Trinajstić information content (AvgIpc) is 1.59. The van der Waals surface area contributed by atoms with Crippen LogP contribution in [0.25, 0.3) is 22.6 Å². The van der Waals surface area contributed by atoms with Crippen LogP contribution >= 0.6 is 47.6 Å². The van der Waals surface area contributed by atoms with E-state index < -0.39 is 52.5 Å². The summed E-state index contributed by atoms with van der Waals surface area (Å²) in [6, 6.07) is 40.9. The molecule has 0 unspecified atom stereocenters. The number of aromatic nitrogens is 2. The van der Waals surface area contributed by atoms with Crippen LogP contribution < -0.4 is 50.3 Å². The van der Waals surface area contributed by atoms with Crippen LogP contribution in [-0.4, -0.2) is 192 Å². The summed E-state index contributed by atoms with van der Waals surface area (Å²) in [4.78, 5) is 126. The number of ether oxygens (including phenoxy) is 6. The van der Waals surface area contributed by atoms with Gasteiger partial charge in [-0.2, -0.15) is 10.5 Å². The molecule has 4 N–H and O–H groups in total. The molecule has 4 aliphatic rings. The Hall–Kier alpha value is -11.7. The zero-order chi connectivity index (χ0) is 96.0. The van der Waals surface area contributed by atoms with Crippen molar-refractivity contribution in [1.82, 2.24) is 41.0 Å². The van der Waals surface area contributed by atoms with Gasteiger partial charge in [0.25, 0.3) is 11.8 Å². The Kier molecular flexibility index (Phi) is 35.8. The monoisotopic (exact) mass is 1890 g/mol. The number of thiocarbonyl (C=S) groups is 2. The molecule has 2 aromatic heterocycles. The van der Waals surface area contributed by atoms with E-state index in [1.54, 1.807) is 56.0 Å². The zero-order valence-electron chi connectivity index (χ0n) is 77.5. The summed E-state index contributed by atoms with van der Waals surface area (Å²) < 4.78 is 45.6. The maximum Gasteiger partial charge on any atom is 0.259 e. The highest BCUT2D eigenvalue weighted by atomic mass is 35.5. The lowest BCUT2D eigenvalue weighted by Crippen LogP contribution is -2.58. The van der Waals surface area contributed by atoms with E-state index in [1.807, 2.05) is 199 Å². The molecule has 0 saturated carbocycles. The van der Waals surface area contributed by atoms with Crippen molar-refractivity contribution in [3.8, 4) is 46.3 Å². The smallest absolute Gasteiger partial charge is 0.259 e. The van der Waals surface area contributed by atoms with E-state index in [-0.39, 0.29) is 76.5 Å². The van der Waals surface area contributed by atoms with Crippen LogP contribution in [0.1, 0.15) is 161 Å². The van der Waals surface area contributed by atoms with Crippen molar-refractivity contribution < 1.29 is 75.6 Å². The third-order valence-electron chi connectivity index (χ3n) is 23.4. The quantitative estimate of drug-likeness (QED) is 0.0204. The number of nitrogens with one attached hydrogen (secondary N) is 4. The molecule has 4 aliphatic heterocycles. The maximum absolute atomic E-state index is 14.0. The molecule has 34 heteroatoms. The van der Waals surface area contributed by atoms with Crippen molar-refractivity contribution in [2.45, 2.75) is 190 Å². The lowest BCUT2D eigenvalue weighted by molar-refractivity contribution is -0.144. The number of unbranched alkanes of at least 4 members (excludes halogenated alkanes) is 2. The molecule has 0 bridgehead atoms. The van der Waals surface area contributed by atoms with Gasteiger partial charge in [0.1, 0.15) is 72.1 Å². The number of nitrogens with zero attached hydrogens (tertiary/aromatic N) is 10. The number of likely N-dealkylation sites (tertiary alicyclic amines) is 2. The standard InChI is InChI=1S/C50H60ClN7O8S.C49H58ClN7O8S/c1-32-25-41(45(60)53-28-34-11-13-35(14-12-34)43-33(2)54-31-66-43)56(29-32)46(61)44(49(3,4)5)55-42(59)30-64-23-10-22-63-21-8-9-24-65-39-19-17-37(18-20-39)58-48(67)57(47(62)50(58,6)7)38-16-15-36(27-52)40(51)26-38;1-31(2)43(46(60)55-28-32(3)24-41(55)45(59)52-27-34-10-12-35(13-11-34)44-33(4)53-30-65-44)54-42(58)29-63-22-9-21-62-20-7-8-23-64-39-18-16-37(17-19-39)57-48(66)56(47(61)49(57,5)6)38-15-14-36(26-51)40(50)25-38/h11-20,26,31-32,41,44H,8-10,21-25,28-30H2,1-7H3,(H,53,60)(H,55,59);10-19,25,30-32,41,43H,7-9,20-24,27-29H2,1-6H3,(H,52,59)(H,54,58)/t32-,41+,44-;32-,41+,43+/m11/s1. The summed E-state index contributed by atoms with van der Waals surface area (Å²) in [6.07, 6.45) is 8.20. The van der Waals surface area contributed by atoms with Crippen molar-refractivity contribution in [1.29, 1.82) is 10.5 Å². The number of oxazole rings is 2. The predicted molar refractivity (Wildman–Crippen MR) is 514 cm³/mol. The van der Waals surface area contributed by atoms with Crippen LogP contribution in [0.4, 0.5) is 22.7 Å². The molecular weight excluding hydrogens is 1780 g/mol. The summed E-state index contributed by atoms with van der Waals surface area (Å²) in [5.74, 6) is 0.555. The van der Waals surface area contributed by atoms with E-state index in [9.17, 15) is 48.9 Å². The molecule has 133 heavy (non-hydrogen) atoms. The second-order valence-electron chi connectivity index (χ2n) is 36.0. The van der Waals surface area contributed by atoms with Crippen molar-refractivity contribution >= 4 is 128 Å². The summed E-state index contributed by atoms with van der Waals surface area (Å²) >= 11 is 24.1. The van der Waals surface area contributed by atoms with Gasteiger partial charge in [0.2, 0.25) is 35.4 Å². The van der Waals surface area contributed by atoms with Gasteiger partial charge >= 0.3 is 0 Å². The lowest BCUT2D eigenvalue weighted by atomic mass is 9.85. The topological polar surface area (TPSA) is 359 Å². The SMILES string of the molecule is Cc1ncoc1-c1ccc(CNC(=O)[C@@H]2C[C@@H](C)CN2C(=O)[C@@H](NC(=O)COCCCOCCCCOc2ccc(N3C(=S)N(c4ccc(C#N)c(Cl)c4)C(=O)C3(C)C)cc2)C(C)(C)C)cc1.Cc1ncoc1-c1ccc(CNC(=O)[C@@H]2C[C@@H](C)CN2C(=O)[C@@H](NC(=O)COCCCOCCCCOc2ccc(N3C(=S)N(c4ccc(C#N)c(Cl)c4)C(=O)C3(C)C)cc2)C(C)C)cc1. The van der Waals surface area contributed by atoms with Gasteiger partial charge in [-0.15, -0.1) is 0 Å². The van der Waals surface area contributed by atoms with Crippen LogP contribution in [0, 0.1) is 59.7 Å². The van der Waals surface area contributed by atoms with Gasteiger partial charge < -0.3 is 78.1 Å². The maximum atomic E-state index is 14.0. The van der Waals surface area contributed by atoms with E-state index in [0.717, 1.165) is 70.7 Å². The highest BCUT2D eigenvalue weighted by Crippen LogP contribution is 2.41. The number of aryl methyl sites for hydroxylation is 2. The van der Waals surface area contributed by atoms with Gasteiger partial charge in [-0.1, -0.05) is 120 Å². The van der Waals surface area contributed by atoms with Crippen LogP contribution in [-0.2, 0) is 70.4 Å². The van der Waals surface area contributed by atoms with E-state index in [0.29, 0.717) is 160 Å². The predicted octanol–water partition coefficient (Wildman–Crippen LogP) is 15.1. The van der Waals surface area contributed by atoms with Gasteiger partial charge in [-0.05, 0) is 237 Å². The number of hydrogen-bond donors (Lipinski definition) is 4. The summed E-state index contributed by atoms with van der Waals surface area (Å²) in [5, 5.41) is 31.3. The van der Waals surface area contributed by atoms with E-state index >= 15 is 0 Å². The van der Waals surface area contributed by atoms with E-state index in [4.69, 9.17) is 84.9 Å². The third-order valence-corrected chi connectivity index (χ3v) is 24.8. The minimum atomic E-state index is -0.963.